The zero-order valence-corrected chi connectivity index (χ0v) is 14.5. The molecule has 0 saturated carbocycles. The van der Waals surface area contributed by atoms with Crippen molar-refractivity contribution in [3.8, 4) is 17.2 Å². The third kappa shape index (κ3) is 3.23. The maximum Gasteiger partial charge on any atom is 0.158 e. The third-order valence-corrected chi connectivity index (χ3v) is 4.61. The van der Waals surface area contributed by atoms with Crippen LogP contribution in [-0.4, -0.2) is 30.7 Å². The SMILES string of the molecule is COCc1nc(N(C)CCC#N)c2c(-c3ccccc3)csc2n1. The monoisotopic (exact) mass is 338 g/mol. The van der Waals surface area contributed by atoms with Crippen LogP contribution >= 0.6 is 11.3 Å². The predicted molar refractivity (Wildman–Crippen MR) is 97.1 cm³/mol. The fourth-order valence-electron chi connectivity index (χ4n) is 2.59. The molecule has 0 spiro atoms. The van der Waals surface area contributed by atoms with Crippen LogP contribution in [0.5, 0.6) is 0 Å². The first-order valence-electron chi connectivity index (χ1n) is 7.65. The third-order valence-electron chi connectivity index (χ3n) is 3.74. The summed E-state index contributed by atoms with van der Waals surface area (Å²) in [6, 6.07) is 12.4. The number of ether oxygens (including phenoxy) is 1. The maximum absolute atomic E-state index is 8.88. The summed E-state index contributed by atoms with van der Waals surface area (Å²) in [5, 5.41) is 12.0. The van der Waals surface area contributed by atoms with Crippen LogP contribution in [0.15, 0.2) is 35.7 Å². The van der Waals surface area contributed by atoms with Crippen molar-refractivity contribution in [1.29, 1.82) is 5.26 Å². The molecule has 24 heavy (non-hydrogen) atoms. The molecule has 0 amide bonds. The summed E-state index contributed by atoms with van der Waals surface area (Å²) in [6.45, 7) is 0.993. The normalized spacial score (nSPS) is 10.7. The number of nitriles is 1. The van der Waals surface area contributed by atoms with Gasteiger partial charge in [0.2, 0.25) is 0 Å². The van der Waals surface area contributed by atoms with Crippen LogP contribution in [-0.2, 0) is 11.3 Å². The lowest BCUT2D eigenvalue weighted by molar-refractivity contribution is 0.178. The molecule has 5 nitrogen and oxygen atoms in total. The summed E-state index contributed by atoms with van der Waals surface area (Å²) < 4.78 is 5.19. The molecule has 3 aromatic rings. The summed E-state index contributed by atoms with van der Waals surface area (Å²) in [6.07, 6.45) is 0.451. The lowest BCUT2D eigenvalue weighted by Gasteiger charge is -2.19. The van der Waals surface area contributed by atoms with Crippen molar-refractivity contribution in [2.45, 2.75) is 13.0 Å². The fraction of sp³-hybridized carbons (Fsp3) is 0.278. The van der Waals surface area contributed by atoms with Crippen molar-refractivity contribution in [1.82, 2.24) is 9.97 Å². The van der Waals surface area contributed by atoms with Gasteiger partial charge in [-0.1, -0.05) is 30.3 Å². The number of hydrogen-bond donors (Lipinski definition) is 0. The minimum atomic E-state index is 0.369. The Balaban J connectivity index is 2.17. The second-order valence-corrected chi connectivity index (χ2v) is 6.28. The molecule has 2 heterocycles. The van der Waals surface area contributed by atoms with E-state index >= 15 is 0 Å². The molecule has 0 aliphatic carbocycles. The van der Waals surface area contributed by atoms with Crippen molar-refractivity contribution in [2.24, 2.45) is 0 Å². The van der Waals surface area contributed by atoms with E-state index in [4.69, 9.17) is 10.00 Å². The van der Waals surface area contributed by atoms with Gasteiger partial charge in [-0.15, -0.1) is 11.3 Å². The highest BCUT2D eigenvalue weighted by molar-refractivity contribution is 7.17. The van der Waals surface area contributed by atoms with Crippen molar-refractivity contribution >= 4 is 27.4 Å². The Labute approximate surface area is 145 Å². The maximum atomic E-state index is 8.88. The highest BCUT2D eigenvalue weighted by Gasteiger charge is 2.17. The van der Waals surface area contributed by atoms with E-state index in [1.165, 1.54) is 0 Å². The lowest BCUT2D eigenvalue weighted by atomic mass is 10.1. The van der Waals surface area contributed by atoms with Gasteiger partial charge in [0.1, 0.15) is 17.3 Å². The molecule has 0 N–H and O–H groups in total. The number of nitrogens with zero attached hydrogens (tertiary/aromatic N) is 4. The van der Waals surface area contributed by atoms with E-state index in [0.29, 0.717) is 25.4 Å². The van der Waals surface area contributed by atoms with Crippen LogP contribution in [0.4, 0.5) is 5.82 Å². The van der Waals surface area contributed by atoms with Crippen molar-refractivity contribution < 1.29 is 4.74 Å². The lowest BCUT2D eigenvalue weighted by Crippen LogP contribution is -2.20. The van der Waals surface area contributed by atoms with Gasteiger partial charge in [-0.05, 0) is 5.56 Å². The summed E-state index contributed by atoms with van der Waals surface area (Å²) in [5.74, 6) is 1.51. The molecule has 0 saturated heterocycles. The van der Waals surface area contributed by atoms with Gasteiger partial charge in [-0.25, -0.2) is 9.97 Å². The van der Waals surface area contributed by atoms with E-state index in [1.807, 2.05) is 30.1 Å². The quantitative estimate of drug-likeness (QED) is 0.683. The topological polar surface area (TPSA) is 62.0 Å². The molecule has 0 radical (unpaired) electrons. The van der Waals surface area contributed by atoms with Crippen LogP contribution < -0.4 is 4.90 Å². The van der Waals surface area contributed by atoms with Gasteiger partial charge in [0.05, 0.1) is 17.9 Å². The van der Waals surface area contributed by atoms with Gasteiger partial charge in [-0.2, -0.15) is 5.26 Å². The largest absolute Gasteiger partial charge is 0.377 e. The predicted octanol–water partition coefficient (Wildman–Crippen LogP) is 3.85. The van der Waals surface area contributed by atoms with Gasteiger partial charge in [0.25, 0.3) is 0 Å². The minimum Gasteiger partial charge on any atom is -0.377 e. The zero-order chi connectivity index (χ0) is 16.9. The summed E-state index contributed by atoms with van der Waals surface area (Å²) in [5.41, 5.74) is 2.26. The van der Waals surface area contributed by atoms with E-state index in [9.17, 15) is 0 Å². The molecule has 0 atom stereocenters. The summed E-state index contributed by atoms with van der Waals surface area (Å²) in [4.78, 5) is 12.3. The fourth-order valence-corrected chi connectivity index (χ4v) is 3.55. The number of methoxy groups -OCH3 is 1. The van der Waals surface area contributed by atoms with Crippen molar-refractivity contribution in [2.75, 3.05) is 25.6 Å². The van der Waals surface area contributed by atoms with Gasteiger partial charge < -0.3 is 9.64 Å². The highest BCUT2D eigenvalue weighted by atomic mass is 32.1. The second-order valence-electron chi connectivity index (χ2n) is 5.42. The molecule has 0 aliphatic rings. The molecule has 0 aliphatic heterocycles. The van der Waals surface area contributed by atoms with E-state index in [2.05, 4.69) is 33.5 Å². The first kappa shape index (κ1) is 16.4. The molecule has 2 aromatic heterocycles. The number of benzene rings is 1. The van der Waals surface area contributed by atoms with Crippen molar-refractivity contribution in [3.05, 3.63) is 41.5 Å². The zero-order valence-electron chi connectivity index (χ0n) is 13.7. The minimum absolute atomic E-state index is 0.369. The van der Waals surface area contributed by atoms with Crippen LogP contribution in [0.3, 0.4) is 0 Å². The highest BCUT2D eigenvalue weighted by Crippen LogP contribution is 2.38. The van der Waals surface area contributed by atoms with Crippen LogP contribution in [0.2, 0.25) is 0 Å². The van der Waals surface area contributed by atoms with Gasteiger partial charge >= 0.3 is 0 Å². The molecule has 0 fully saturated rings. The number of aromatic nitrogens is 2. The number of anilines is 1. The van der Waals surface area contributed by atoms with Crippen LogP contribution in [0.1, 0.15) is 12.2 Å². The summed E-state index contributed by atoms with van der Waals surface area (Å²) >= 11 is 1.61. The van der Waals surface area contributed by atoms with Crippen LogP contribution in [0.25, 0.3) is 21.3 Å². The molecule has 0 unspecified atom stereocenters. The summed E-state index contributed by atoms with van der Waals surface area (Å²) in [7, 11) is 3.60. The first-order valence-corrected chi connectivity index (χ1v) is 8.53. The number of hydrogen-bond acceptors (Lipinski definition) is 6. The second kappa shape index (κ2) is 7.39. The van der Waals surface area contributed by atoms with E-state index in [1.54, 1.807) is 18.4 Å². The molecular weight excluding hydrogens is 320 g/mol. The smallest absolute Gasteiger partial charge is 0.158 e. The Hall–Kier alpha value is -2.49. The van der Waals surface area contributed by atoms with Crippen LogP contribution in [0, 0.1) is 11.3 Å². The molecule has 1 aromatic carbocycles. The van der Waals surface area contributed by atoms with E-state index < -0.39 is 0 Å². The standard InChI is InChI=1S/C18H18N4OS/c1-22(10-6-9-19)17-16-14(13-7-4-3-5-8-13)12-24-18(16)21-15(20-17)11-23-2/h3-5,7-8,12H,6,10-11H2,1-2H3. The Bertz CT molecular complexity index is 870. The van der Waals surface area contributed by atoms with Gasteiger partial charge in [0.15, 0.2) is 5.82 Å². The van der Waals surface area contributed by atoms with E-state index in [-0.39, 0.29) is 0 Å². The molecule has 3 rings (SSSR count). The number of thiophene rings is 1. The molecule has 0 bridgehead atoms. The average molecular weight is 338 g/mol. The number of rotatable bonds is 6. The average Bonchev–Trinajstić information content (AvgIpc) is 3.04. The molecular formula is C18H18N4OS. The molecule has 6 heteroatoms. The van der Waals surface area contributed by atoms with Crippen molar-refractivity contribution in [3.63, 3.8) is 0 Å². The molecule has 122 valence electrons. The Morgan fingerprint density at radius 3 is 2.75 bits per heavy atom. The Kier molecular flexibility index (Phi) is 5.04. The van der Waals surface area contributed by atoms with Gasteiger partial charge in [-0.3, -0.25) is 0 Å². The number of fused-ring (bicyclic) bond motifs is 1. The Morgan fingerprint density at radius 1 is 1.25 bits per heavy atom. The Morgan fingerprint density at radius 2 is 2.04 bits per heavy atom. The van der Waals surface area contributed by atoms with Gasteiger partial charge in [0, 0.05) is 31.6 Å². The van der Waals surface area contributed by atoms with E-state index in [0.717, 1.165) is 27.2 Å². The first-order chi connectivity index (χ1) is 11.7.